The van der Waals surface area contributed by atoms with Gasteiger partial charge in [-0.3, -0.25) is 0 Å². The third-order valence-corrected chi connectivity index (χ3v) is 2.93. The molecule has 0 radical (unpaired) electrons. The highest BCUT2D eigenvalue weighted by atomic mass is 19.4. The van der Waals surface area contributed by atoms with Crippen molar-refractivity contribution >= 4 is 0 Å². The summed E-state index contributed by atoms with van der Waals surface area (Å²) < 4.78 is 56.7. The summed E-state index contributed by atoms with van der Waals surface area (Å²) in [5.41, 5.74) is -3.13. The zero-order valence-electron chi connectivity index (χ0n) is 8.57. The molecule has 0 amide bonds. The maximum absolute atomic E-state index is 13.9. The SMILES string of the molecule is COc1ccc2c(c1)C(F)(C(F)(F)F)CC2. The van der Waals surface area contributed by atoms with Crippen molar-refractivity contribution in [1.29, 1.82) is 0 Å². The number of methoxy groups -OCH3 is 1. The third kappa shape index (κ3) is 1.45. The van der Waals surface area contributed by atoms with Gasteiger partial charge < -0.3 is 4.74 Å². The van der Waals surface area contributed by atoms with Crippen molar-refractivity contribution in [1.82, 2.24) is 0 Å². The number of halogens is 4. The molecule has 1 nitrogen and oxygen atoms in total. The first-order valence-corrected chi connectivity index (χ1v) is 4.81. The van der Waals surface area contributed by atoms with E-state index < -0.39 is 18.3 Å². The Hall–Kier alpha value is -1.26. The molecule has 0 saturated carbocycles. The highest BCUT2D eigenvalue weighted by Crippen LogP contribution is 2.51. The highest BCUT2D eigenvalue weighted by Gasteiger charge is 2.60. The van der Waals surface area contributed by atoms with Gasteiger partial charge in [0, 0.05) is 5.56 Å². The third-order valence-electron chi connectivity index (χ3n) is 2.93. The molecule has 0 aromatic heterocycles. The molecule has 2 rings (SSSR count). The van der Waals surface area contributed by atoms with Crippen molar-refractivity contribution in [2.75, 3.05) is 7.11 Å². The van der Waals surface area contributed by atoms with Crippen LogP contribution < -0.4 is 4.74 Å². The van der Waals surface area contributed by atoms with E-state index in [1.165, 1.54) is 13.2 Å². The van der Waals surface area contributed by atoms with Crippen LogP contribution in [0.1, 0.15) is 17.5 Å². The lowest BCUT2D eigenvalue weighted by Crippen LogP contribution is -2.35. The number of alkyl halides is 4. The van der Waals surface area contributed by atoms with Crippen LogP contribution in [-0.2, 0) is 12.1 Å². The largest absolute Gasteiger partial charge is 0.497 e. The molecule has 1 atom stereocenters. The van der Waals surface area contributed by atoms with Gasteiger partial charge in [-0.15, -0.1) is 0 Å². The molecule has 1 aromatic rings. The Morgan fingerprint density at radius 1 is 1.31 bits per heavy atom. The number of fused-ring (bicyclic) bond motifs is 1. The standard InChI is InChI=1S/C11H10F4O/c1-16-8-3-2-7-4-5-10(12,9(7)6-8)11(13,14)15/h2-3,6H,4-5H2,1H3. The lowest BCUT2D eigenvalue weighted by molar-refractivity contribution is -0.234. The molecule has 0 aliphatic heterocycles. The summed E-state index contributed by atoms with van der Waals surface area (Å²) in [6, 6.07) is 4.16. The fraction of sp³-hybridized carbons (Fsp3) is 0.455. The van der Waals surface area contributed by atoms with Crippen molar-refractivity contribution in [2.45, 2.75) is 24.7 Å². The van der Waals surface area contributed by atoms with Crippen molar-refractivity contribution in [3.8, 4) is 5.75 Å². The predicted octanol–water partition coefficient (Wildman–Crippen LogP) is 3.37. The van der Waals surface area contributed by atoms with Gasteiger partial charge in [0.05, 0.1) is 7.11 Å². The fourth-order valence-corrected chi connectivity index (χ4v) is 2.01. The van der Waals surface area contributed by atoms with E-state index in [0.717, 1.165) is 6.07 Å². The predicted molar refractivity (Wildman–Crippen MR) is 50.2 cm³/mol. The average Bonchev–Trinajstić information content (AvgIpc) is 2.56. The molecule has 0 spiro atoms. The van der Waals surface area contributed by atoms with Crippen LogP contribution in [-0.4, -0.2) is 13.3 Å². The molecule has 0 saturated heterocycles. The summed E-state index contributed by atoms with van der Waals surface area (Å²) >= 11 is 0. The van der Waals surface area contributed by atoms with E-state index in [-0.39, 0.29) is 17.7 Å². The van der Waals surface area contributed by atoms with Crippen molar-refractivity contribution < 1.29 is 22.3 Å². The average molecular weight is 234 g/mol. The van der Waals surface area contributed by atoms with Crippen LogP contribution >= 0.6 is 0 Å². The Morgan fingerprint density at radius 2 is 2.00 bits per heavy atom. The number of aryl methyl sites for hydroxylation is 1. The molecule has 1 aromatic carbocycles. The molecular weight excluding hydrogens is 224 g/mol. The van der Waals surface area contributed by atoms with E-state index in [2.05, 4.69) is 0 Å². The lowest BCUT2D eigenvalue weighted by atomic mass is 9.97. The van der Waals surface area contributed by atoms with Gasteiger partial charge in [0.15, 0.2) is 0 Å². The maximum atomic E-state index is 13.9. The number of benzene rings is 1. The summed E-state index contributed by atoms with van der Waals surface area (Å²) in [4.78, 5) is 0. The first-order valence-electron chi connectivity index (χ1n) is 4.81. The van der Waals surface area contributed by atoms with Gasteiger partial charge in [0.2, 0.25) is 5.67 Å². The monoisotopic (exact) mass is 234 g/mol. The topological polar surface area (TPSA) is 9.23 Å². The van der Waals surface area contributed by atoms with Crippen LogP contribution in [0.3, 0.4) is 0 Å². The summed E-state index contributed by atoms with van der Waals surface area (Å²) in [6.45, 7) is 0. The molecule has 88 valence electrons. The van der Waals surface area contributed by atoms with E-state index in [1.807, 2.05) is 0 Å². The first-order chi connectivity index (χ1) is 7.38. The van der Waals surface area contributed by atoms with E-state index >= 15 is 0 Å². The molecule has 1 aliphatic carbocycles. The van der Waals surface area contributed by atoms with Crippen molar-refractivity contribution in [2.24, 2.45) is 0 Å². The minimum atomic E-state index is -4.87. The van der Waals surface area contributed by atoms with Crippen molar-refractivity contribution in [3.63, 3.8) is 0 Å². The zero-order valence-corrected chi connectivity index (χ0v) is 8.57. The Kier molecular flexibility index (Phi) is 2.36. The Balaban J connectivity index is 2.53. The first kappa shape index (κ1) is 11.2. The van der Waals surface area contributed by atoms with Gasteiger partial charge >= 0.3 is 6.18 Å². The van der Waals surface area contributed by atoms with Crippen LogP contribution in [0, 0.1) is 0 Å². The van der Waals surface area contributed by atoms with E-state index in [1.54, 1.807) is 6.07 Å². The molecule has 0 fully saturated rings. The molecule has 0 bridgehead atoms. The quantitative estimate of drug-likeness (QED) is 0.677. The summed E-state index contributed by atoms with van der Waals surface area (Å²) in [7, 11) is 1.34. The Labute approximate surface area is 90.0 Å². The molecule has 0 N–H and O–H groups in total. The van der Waals surface area contributed by atoms with Crippen molar-refractivity contribution in [3.05, 3.63) is 29.3 Å². The van der Waals surface area contributed by atoms with E-state index in [9.17, 15) is 17.6 Å². The van der Waals surface area contributed by atoms with Crippen LogP contribution in [0.2, 0.25) is 0 Å². The maximum Gasteiger partial charge on any atom is 0.426 e. The lowest BCUT2D eigenvalue weighted by Gasteiger charge is -2.24. The molecule has 1 unspecified atom stereocenters. The number of hydrogen-bond acceptors (Lipinski definition) is 1. The van der Waals surface area contributed by atoms with Gasteiger partial charge in [0.25, 0.3) is 0 Å². The van der Waals surface area contributed by atoms with Gasteiger partial charge in [-0.25, -0.2) is 4.39 Å². The second-order valence-electron chi connectivity index (χ2n) is 3.82. The second kappa shape index (κ2) is 3.37. The van der Waals surface area contributed by atoms with Gasteiger partial charge in [-0.1, -0.05) is 6.07 Å². The highest BCUT2D eigenvalue weighted by molar-refractivity contribution is 5.43. The fourth-order valence-electron chi connectivity index (χ4n) is 2.01. The minimum absolute atomic E-state index is 0.106. The Morgan fingerprint density at radius 3 is 2.56 bits per heavy atom. The molecule has 16 heavy (non-hydrogen) atoms. The smallest absolute Gasteiger partial charge is 0.426 e. The minimum Gasteiger partial charge on any atom is -0.497 e. The normalized spacial score (nSPS) is 24.3. The summed E-state index contributed by atoms with van der Waals surface area (Å²) in [5.74, 6) is 0.243. The van der Waals surface area contributed by atoms with Crippen LogP contribution in [0.5, 0.6) is 5.75 Å². The summed E-state index contributed by atoms with van der Waals surface area (Å²) in [5, 5.41) is 0. The molecule has 0 heterocycles. The molecule has 5 heteroatoms. The van der Waals surface area contributed by atoms with E-state index in [4.69, 9.17) is 4.74 Å². The zero-order chi connectivity index (χ0) is 12.0. The summed E-state index contributed by atoms with van der Waals surface area (Å²) in [6.07, 6.45) is -5.31. The van der Waals surface area contributed by atoms with E-state index in [0.29, 0.717) is 5.56 Å². The van der Waals surface area contributed by atoms with Crippen LogP contribution in [0.4, 0.5) is 17.6 Å². The number of hydrogen-bond donors (Lipinski definition) is 0. The van der Waals surface area contributed by atoms with Crippen LogP contribution in [0.25, 0.3) is 0 Å². The molecule has 1 aliphatic rings. The number of ether oxygens (including phenoxy) is 1. The van der Waals surface area contributed by atoms with Crippen LogP contribution in [0.15, 0.2) is 18.2 Å². The van der Waals surface area contributed by atoms with Gasteiger partial charge in [-0.2, -0.15) is 13.2 Å². The number of rotatable bonds is 1. The second-order valence-corrected chi connectivity index (χ2v) is 3.82. The molecular formula is C11H10F4O. The van der Waals surface area contributed by atoms with Gasteiger partial charge in [0.1, 0.15) is 5.75 Å². The Bertz CT molecular complexity index is 413. The van der Waals surface area contributed by atoms with Gasteiger partial charge in [-0.05, 0) is 30.5 Å².